The highest BCUT2D eigenvalue weighted by atomic mass is 16.3. The van der Waals surface area contributed by atoms with Crippen LogP contribution in [0.1, 0.15) is 19.1 Å². The van der Waals surface area contributed by atoms with E-state index in [1.54, 1.807) is 12.1 Å². The first-order valence-electron chi connectivity index (χ1n) is 5.44. The fraction of sp³-hybridized carbons (Fsp3) is 0.385. The molecule has 0 fully saturated rings. The molecule has 1 rings (SSSR count). The van der Waals surface area contributed by atoms with Crippen LogP contribution in [0.3, 0.4) is 0 Å². The molecule has 1 aromatic rings. The number of furan rings is 1. The number of carbonyl (C=O) groups is 2. The molecule has 0 saturated heterocycles. The van der Waals surface area contributed by atoms with Crippen molar-refractivity contribution >= 4 is 17.6 Å². The molecule has 0 bridgehead atoms. The molecular formula is C13H17NO3. The van der Waals surface area contributed by atoms with Crippen LogP contribution in [-0.2, 0) is 9.59 Å². The zero-order valence-corrected chi connectivity index (χ0v) is 10.4. The molecule has 92 valence electrons. The van der Waals surface area contributed by atoms with Gasteiger partial charge in [-0.1, -0.05) is 0 Å². The molecule has 0 N–H and O–H groups in total. The van der Waals surface area contributed by atoms with Crippen molar-refractivity contribution in [2.24, 2.45) is 0 Å². The zero-order chi connectivity index (χ0) is 12.8. The van der Waals surface area contributed by atoms with Gasteiger partial charge in [0.1, 0.15) is 5.76 Å². The van der Waals surface area contributed by atoms with E-state index in [-0.39, 0.29) is 17.1 Å². The summed E-state index contributed by atoms with van der Waals surface area (Å²) < 4.78 is 5.10. The lowest BCUT2D eigenvalue weighted by Crippen LogP contribution is -2.19. The summed E-state index contributed by atoms with van der Waals surface area (Å²) in [7, 11) is 3.77. The Hall–Kier alpha value is -1.68. The zero-order valence-electron chi connectivity index (χ0n) is 10.4. The molecule has 4 heteroatoms. The predicted octanol–water partition coefficient (Wildman–Crippen LogP) is 1.77. The topological polar surface area (TPSA) is 50.5 Å². The second-order valence-electron chi connectivity index (χ2n) is 4.11. The summed E-state index contributed by atoms with van der Waals surface area (Å²) in [4.78, 5) is 25.2. The van der Waals surface area contributed by atoms with Gasteiger partial charge < -0.3 is 9.32 Å². The van der Waals surface area contributed by atoms with Crippen LogP contribution in [0.15, 0.2) is 28.4 Å². The van der Waals surface area contributed by atoms with Crippen molar-refractivity contribution in [1.82, 2.24) is 4.90 Å². The van der Waals surface area contributed by atoms with Crippen molar-refractivity contribution in [3.63, 3.8) is 0 Å². The summed E-state index contributed by atoms with van der Waals surface area (Å²) in [5.74, 6) is 0.140. The molecule has 0 atom stereocenters. The van der Waals surface area contributed by atoms with Crippen LogP contribution >= 0.6 is 0 Å². The van der Waals surface area contributed by atoms with Gasteiger partial charge >= 0.3 is 0 Å². The average molecular weight is 235 g/mol. The Morgan fingerprint density at radius 3 is 2.59 bits per heavy atom. The Morgan fingerprint density at radius 2 is 2.12 bits per heavy atom. The predicted molar refractivity (Wildman–Crippen MR) is 65.5 cm³/mol. The van der Waals surface area contributed by atoms with Crippen LogP contribution in [0, 0.1) is 0 Å². The number of Topliss-reactive ketones (excluding diaryl/α,β-unsaturated/α-hetero) is 2. The molecule has 0 aliphatic carbocycles. The van der Waals surface area contributed by atoms with Gasteiger partial charge in [-0.05, 0) is 39.2 Å². The Balaban J connectivity index is 2.79. The first-order chi connectivity index (χ1) is 8.00. The quantitative estimate of drug-likeness (QED) is 0.428. The average Bonchev–Trinajstić information content (AvgIpc) is 2.74. The van der Waals surface area contributed by atoms with E-state index in [9.17, 15) is 9.59 Å². The van der Waals surface area contributed by atoms with Crippen LogP contribution in [-0.4, -0.2) is 37.1 Å². The molecule has 0 aliphatic rings. The molecular weight excluding hydrogens is 218 g/mol. The van der Waals surface area contributed by atoms with Crippen molar-refractivity contribution in [2.75, 3.05) is 20.6 Å². The van der Waals surface area contributed by atoms with Crippen LogP contribution in [0.4, 0.5) is 0 Å². The van der Waals surface area contributed by atoms with E-state index < -0.39 is 0 Å². The van der Waals surface area contributed by atoms with Crippen molar-refractivity contribution in [2.45, 2.75) is 13.3 Å². The second kappa shape index (κ2) is 6.15. The number of ketones is 2. The van der Waals surface area contributed by atoms with Gasteiger partial charge in [0.15, 0.2) is 11.6 Å². The second-order valence-corrected chi connectivity index (χ2v) is 4.11. The SMILES string of the molecule is CC(=O)/C(=C\c1ccco1)C(=O)CCN(C)C. The third-order valence-electron chi connectivity index (χ3n) is 2.30. The first-order valence-corrected chi connectivity index (χ1v) is 5.44. The Bertz CT molecular complexity index is 416. The summed E-state index contributed by atoms with van der Waals surface area (Å²) in [6.07, 6.45) is 3.34. The lowest BCUT2D eigenvalue weighted by molar-refractivity contribution is -0.120. The number of rotatable bonds is 6. The van der Waals surface area contributed by atoms with Gasteiger partial charge in [0, 0.05) is 13.0 Å². The van der Waals surface area contributed by atoms with Crippen LogP contribution < -0.4 is 0 Å². The smallest absolute Gasteiger partial charge is 0.167 e. The van der Waals surface area contributed by atoms with Gasteiger partial charge in [0.05, 0.1) is 11.8 Å². The van der Waals surface area contributed by atoms with Gasteiger partial charge in [0.25, 0.3) is 0 Å². The normalized spacial score (nSPS) is 11.9. The highest BCUT2D eigenvalue weighted by Gasteiger charge is 2.15. The highest BCUT2D eigenvalue weighted by Crippen LogP contribution is 2.11. The van der Waals surface area contributed by atoms with E-state index in [4.69, 9.17) is 4.42 Å². The van der Waals surface area contributed by atoms with E-state index in [1.165, 1.54) is 19.3 Å². The number of hydrogen-bond acceptors (Lipinski definition) is 4. The van der Waals surface area contributed by atoms with Crippen LogP contribution in [0.5, 0.6) is 0 Å². The van der Waals surface area contributed by atoms with E-state index in [0.29, 0.717) is 18.7 Å². The molecule has 17 heavy (non-hydrogen) atoms. The summed E-state index contributed by atoms with van der Waals surface area (Å²) in [5.41, 5.74) is 0.196. The number of carbonyl (C=O) groups excluding carboxylic acids is 2. The molecule has 1 heterocycles. The summed E-state index contributed by atoms with van der Waals surface area (Å²) in [6, 6.07) is 3.43. The van der Waals surface area contributed by atoms with Crippen molar-refractivity contribution in [3.05, 3.63) is 29.7 Å². The minimum absolute atomic E-state index is 0.150. The van der Waals surface area contributed by atoms with E-state index in [2.05, 4.69) is 0 Å². The van der Waals surface area contributed by atoms with Crippen LogP contribution in [0.25, 0.3) is 6.08 Å². The fourth-order valence-corrected chi connectivity index (χ4v) is 1.35. The monoisotopic (exact) mass is 235 g/mol. The third-order valence-corrected chi connectivity index (χ3v) is 2.30. The third kappa shape index (κ3) is 4.36. The van der Waals surface area contributed by atoms with Gasteiger partial charge in [-0.2, -0.15) is 0 Å². The molecule has 0 spiro atoms. The minimum Gasteiger partial charge on any atom is -0.465 e. The van der Waals surface area contributed by atoms with Crippen molar-refractivity contribution < 1.29 is 14.0 Å². The van der Waals surface area contributed by atoms with Crippen molar-refractivity contribution in [3.8, 4) is 0 Å². The Labute approximate surface area is 101 Å². The first kappa shape index (κ1) is 13.4. The molecule has 0 unspecified atom stereocenters. The van der Waals surface area contributed by atoms with Gasteiger partial charge in [-0.3, -0.25) is 9.59 Å². The summed E-state index contributed by atoms with van der Waals surface area (Å²) in [5, 5.41) is 0. The van der Waals surface area contributed by atoms with E-state index in [0.717, 1.165) is 0 Å². The Kier molecular flexibility index (Phi) is 4.84. The maximum Gasteiger partial charge on any atom is 0.167 e. The van der Waals surface area contributed by atoms with E-state index >= 15 is 0 Å². The number of nitrogens with zero attached hydrogens (tertiary/aromatic N) is 1. The Morgan fingerprint density at radius 1 is 1.41 bits per heavy atom. The lowest BCUT2D eigenvalue weighted by atomic mass is 10.0. The summed E-state index contributed by atoms with van der Waals surface area (Å²) >= 11 is 0. The molecule has 0 saturated carbocycles. The molecule has 0 radical (unpaired) electrons. The van der Waals surface area contributed by atoms with E-state index in [1.807, 2.05) is 19.0 Å². The van der Waals surface area contributed by atoms with Gasteiger partial charge in [-0.25, -0.2) is 0 Å². The largest absolute Gasteiger partial charge is 0.465 e. The molecule has 1 aromatic heterocycles. The van der Waals surface area contributed by atoms with Crippen LogP contribution in [0.2, 0.25) is 0 Å². The van der Waals surface area contributed by atoms with Gasteiger partial charge in [-0.15, -0.1) is 0 Å². The highest BCUT2D eigenvalue weighted by molar-refractivity contribution is 6.22. The standard InChI is InChI=1S/C13H17NO3/c1-10(15)12(9-11-5-4-8-17-11)13(16)6-7-14(2)3/h4-5,8-9H,6-7H2,1-3H3/b12-9+. The number of hydrogen-bond donors (Lipinski definition) is 0. The molecule has 0 amide bonds. The molecule has 4 nitrogen and oxygen atoms in total. The van der Waals surface area contributed by atoms with Gasteiger partial charge in [0.2, 0.25) is 0 Å². The fourth-order valence-electron chi connectivity index (χ4n) is 1.35. The summed E-state index contributed by atoms with van der Waals surface area (Å²) in [6.45, 7) is 2.02. The number of allylic oxidation sites excluding steroid dienone is 1. The maximum atomic E-state index is 11.9. The molecule has 0 aromatic carbocycles. The lowest BCUT2D eigenvalue weighted by Gasteiger charge is -2.08. The minimum atomic E-state index is -0.231. The molecule has 0 aliphatic heterocycles. The van der Waals surface area contributed by atoms with Crippen molar-refractivity contribution in [1.29, 1.82) is 0 Å². The maximum absolute atomic E-state index is 11.9.